The molecular formula is C22H39N3O. The van der Waals surface area contributed by atoms with Crippen LogP contribution in [0.25, 0.3) is 0 Å². The molecule has 0 unspecified atom stereocenters. The maximum atomic E-state index is 12.1. The van der Waals surface area contributed by atoms with Crippen molar-refractivity contribution in [2.75, 3.05) is 25.9 Å². The Hall–Kier alpha value is -1.42. The number of nitrogens with zero attached hydrogens (tertiary/aromatic N) is 2. The zero-order chi connectivity index (χ0) is 19.0. The first kappa shape index (κ1) is 22.6. The molecule has 0 spiro atoms. The number of nitrogen functional groups attached to an aromatic ring is 1. The number of Topliss-reactive ketones (excluding diaryl/α,β-unsaturated/α-hetero) is 1. The summed E-state index contributed by atoms with van der Waals surface area (Å²) >= 11 is 0. The molecule has 1 heterocycles. The third-order valence-corrected chi connectivity index (χ3v) is 5.12. The third-order valence-electron chi connectivity index (χ3n) is 5.12. The number of carbonyl (C=O) groups excluding carboxylic acids is 1. The van der Waals surface area contributed by atoms with Crippen molar-refractivity contribution in [3.05, 3.63) is 23.9 Å². The molecule has 0 radical (unpaired) electrons. The van der Waals surface area contributed by atoms with Gasteiger partial charge in [0.1, 0.15) is 5.82 Å². The molecule has 0 saturated heterocycles. The molecule has 148 valence electrons. The molecule has 0 aliphatic heterocycles. The van der Waals surface area contributed by atoms with Gasteiger partial charge in [0.2, 0.25) is 0 Å². The van der Waals surface area contributed by atoms with E-state index in [-0.39, 0.29) is 5.78 Å². The number of aromatic nitrogens is 1. The molecule has 0 saturated carbocycles. The predicted molar refractivity (Wildman–Crippen MR) is 112 cm³/mol. The Balaban J connectivity index is 1.87. The summed E-state index contributed by atoms with van der Waals surface area (Å²) in [5.41, 5.74) is 6.32. The molecule has 0 aliphatic rings. The van der Waals surface area contributed by atoms with Crippen LogP contribution >= 0.6 is 0 Å². The predicted octanol–water partition coefficient (Wildman–Crippen LogP) is 5.48. The lowest BCUT2D eigenvalue weighted by atomic mass is 10.0. The number of hydrogen-bond donors (Lipinski definition) is 1. The number of pyridine rings is 1. The summed E-state index contributed by atoms with van der Waals surface area (Å²) in [6, 6.07) is 3.54. The minimum Gasteiger partial charge on any atom is -0.383 e. The van der Waals surface area contributed by atoms with Gasteiger partial charge >= 0.3 is 0 Å². The van der Waals surface area contributed by atoms with E-state index in [0.29, 0.717) is 17.8 Å². The SMILES string of the molecule is CCN(C)CCCCCCCCCCCCCC(=O)c1cccnc1N. The van der Waals surface area contributed by atoms with Crippen LogP contribution in [0.4, 0.5) is 5.82 Å². The molecule has 0 amide bonds. The average Bonchev–Trinajstić information content (AvgIpc) is 2.65. The third kappa shape index (κ3) is 10.5. The normalized spacial score (nSPS) is 11.2. The summed E-state index contributed by atoms with van der Waals surface area (Å²) in [6.07, 6.45) is 16.4. The summed E-state index contributed by atoms with van der Waals surface area (Å²) in [7, 11) is 2.20. The molecule has 0 atom stereocenters. The topological polar surface area (TPSA) is 59.2 Å². The van der Waals surface area contributed by atoms with Crippen molar-refractivity contribution in [3.63, 3.8) is 0 Å². The van der Waals surface area contributed by atoms with Gasteiger partial charge in [0.15, 0.2) is 5.78 Å². The van der Waals surface area contributed by atoms with Crippen molar-refractivity contribution in [2.24, 2.45) is 0 Å². The molecule has 4 nitrogen and oxygen atoms in total. The van der Waals surface area contributed by atoms with Crippen molar-refractivity contribution in [1.29, 1.82) is 0 Å². The molecule has 2 N–H and O–H groups in total. The van der Waals surface area contributed by atoms with Crippen molar-refractivity contribution in [1.82, 2.24) is 9.88 Å². The van der Waals surface area contributed by atoms with Crippen LogP contribution in [0.1, 0.15) is 94.3 Å². The Labute approximate surface area is 160 Å². The number of rotatable bonds is 16. The highest BCUT2D eigenvalue weighted by atomic mass is 16.1. The van der Waals surface area contributed by atoms with E-state index in [0.717, 1.165) is 19.4 Å². The minimum atomic E-state index is 0.126. The highest BCUT2D eigenvalue weighted by molar-refractivity contribution is 5.99. The Morgan fingerprint density at radius 1 is 0.962 bits per heavy atom. The van der Waals surface area contributed by atoms with Crippen LogP contribution in [0, 0.1) is 0 Å². The molecule has 0 aromatic carbocycles. The maximum absolute atomic E-state index is 12.1. The smallest absolute Gasteiger partial charge is 0.166 e. The van der Waals surface area contributed by atoms with E-state index in [1.165, 1.54) is 64.3 Å². The van der Waals surface area contributed by atoms with Crippen LogP contribution in [0.5, 0.6) is 0 Å². The largest absolute Gasteiger partial charge is 0.383 e. The van der Waals surface area contributed by atoms with Gasteiger partial charge < -0.3 is 10.6 Å². The zero-order valence-corrected chi connectivity index (χ0v) is 17.0. The van der Waals surface area contributed by atoms with Gasteiger partial charge in [-0.25, -0.2) is 4.98 Å². The first-order valence-corrected chi connectivity index (χ1v) is 10.6. The van der Waals surface area contributed by atoms with E-state index in [9.17, 15) is 4.79 Å². The number of carbonyl (C=O) groups is 1. The number of unbranched alkanes of at least 4 members (excludes halogenated alkanes) is 10. The van der Waals surface area contributed by atoms with Crippen LogP contribution < -0.4 is 5.73 Å². The Kier molecular flexibility index (Phi) is 12.8. The highest BCUT2D eigenvalue weighted by Gasteiger charge is 2.09. The molecular weight excluding hydrogens is 322 g/mol. The second-order valence-electron chi connectivity index (χ2n) is 7.39. The van der Waals surface area contributed by atoms with Gasteiger partial charge in [-0.1, -0.05) is 64.7 Å². The van der Waals surface area contributed by atoms with Crippen molar-refractivity contribution < 1.29 is 4.79 Å². The number of nitrogens with two attached hydrogens (primary N) is 1. The quantitative estimate of drug-likeness (QED) is 0.313. The monoisotopic (exact) mass is 361 g/mol. The van der Waals surface area contributed by atoms with E-state index in [2.05, 4.69) is 23.9 Å². The van der Waals surface area contributed by atoms with E-state index in [1.807, 2.05) is 0 Å². The zero-order valence-electron chi connectivity index (χ0n) is 17.0. The van der Waals surface area contributed by atoms with E-state index < -0.39 is 0 Å². The van der Waals surface area contributed by atoms with E-state index in [4.69, 9.17) is 5.73 Å². The lowest BCUT2D eigenvalue weighted by molar-refractivity contribution is 0.0979. The first-order valence-electron chi connectivity index (χ1n) is 10.6. The summed E-state index contributed by atoms with van der Waals surface area (Å²) in [5, 5.41) is 0. The minimum absolute atomic E-state index is 0.126. The molecule has 0 bridgehead atoms. The molecule has 1 rings (SSSR count). The summed E-state index contributed by atoms with van der Waals surface area (Å²) in [6.45, 7) is 4.62. The van der Waals surface area contributed by atoms with Crippen LogP contribution in [0.3, 0.4) is 0 Å². The Morgan fingerprint density at radius 3 is 2.04 bits per heavy atom. The van der Waals surface area contributed by atoms with Crippen LogP contribution in [-0.4, -0.2) is 35.8 Å². The van der Waals surface area contributed by atoms with Crippen molar-refractivity contribution in [2.45, 2.75) is 84.0 Å². The maximum Gasteiger partial charge on any atom is 0.166 e. The fraction of sp³-hybridized carbons (Fsp3) is 0.727. The standard InChI is InChI=1S/C22H39N3O/c1-3-25(2)19-14-12-10-8-6-4-5-7-9-11-13-17-21(26)20-16-15-18-24-22(20)23/h15-16,18H,3-14,17,19H2,1-2H3,(H2,23,24). The molecule has 1 aromatic rings. The van der Waals surface area contributed by atoms with Gasteiger partial charge in [-0.2, -0.15) is 0 Å². The van der Waals surface area contributed by atoms with Gasteiger partial charge in [0.05, 0.1) is 5.56 Å². The van der Waals surface area contributed by atoms with Crippen LogP contribution in [0.2, 0.25) is 0 Å². The van der Waals surface area contributed by atoms with Gasteiger partial charge in [-0.15, -0.1) is 0 Å². The van der Waals surface area contributed by atoms with E-state index >= 15 is 0 Å². The fourth-order valence-electron chi connectivity index (χ4n) is 3.20. The highest BCUT2D eigenvalue weighted by Crippen LogP contribution is 2.15. The summed E-state index contributed by atoms with van der Waals surface area (Å²) in [5.74, 6) is 0.482. The lowest BCUT2D eigenvalue weighted by Gasteiger charge is -2.12. The van der Waals surface area contributed by atoms with Gasteiger partial charge in [-0.05, 0) is 45.1 Å². The molecule has 4 heteroatoms. The molecule has 1 aromatic heterocycles. The second-order valence-corrected chi connectivity index (χ2v) is 7.39. The first-order chi connectivity index (χ1) is 12.6. The molecule has 0 aliphatic carbocycles. The van der Waals surface area contributed by atoms with E-state index in [1.54, 1.807) is 18.3 Å². The van der Waals surface area contributed by atoms with Gasteiger partial charge in [0, 0.05) is 12.6 Å². The average molecular weight is 362 g/mol. The van der Waals surface area contributed by atoms with Gasteiger partial charge in [-0.3, -0.25) is 4.79 Å². The number of ketones is 1. The van der Waals surface area contributed by atoms with Crippen molar-refractivity contribution in [3.8, 4) is 0 Å². The second kappa shape index (κ2) is 14.7. The number of hydrogen-bond acceptors (Lipinski definition) is 4. The summed E-state index contributed by atoms with van der Waals surface area (Å²) in [4.78, 5) is 18.4. The van der Waals surface area contributed by atoms with Crippen molar-refractivity contribution >= 4 is 11.6 Å². The fourth-order valence-corrected chi connectivity index (χ4v) is 3.20. The molecule has 26 heavy (non-hydrogen) atoms. The van der Waals surface area contributed by atoms with Crippen LogP contribution in [0.15, 0.2) is 18.3 Å². The number of anilines is 1. The van der Waals surface area contributed by atoms with Crippen LogP contribution in [-0.2, 0) is 0 Å². The Bertz CT molecular complexity index is 490. The Morgan fingerprint density at radius 2 is 1.50 bits per heavy atom. The lowest BCUT2D eigenvalue weighted by Crippen LogP contribution is -2.18. The molecule has 0 fully saturated rings. The summed E-state index contributed by atoms with van der Waals surface area (Å²) < 4.78 is 0. The van der Waals surface area contributed by atoms with Gasteiger partial charge in [0.25, 0.3) is 0 Å².